The van der Waals surface area contributed by atoms with Crippen molar-refractivity contribution in [3.8, 4) is 5.75 Å². The van der Waals surface area contributed by atoms with Gasteiger partial charge in [0.25, 0.3) is 0 Å². The van der Waals surface area contributed by atoms with Gasteiger partial charge in [-0.2, -0.15) is 4.31 Å². The molecule has 1 aromatic carbocycles. The highest BCUT2D eigenvalue weighted by molar-refractivity contribution is 7.88. The molecular formula is C13H19NO4S. The molecule has 0 amide bonds. The van der Waals surface area contributed by atoms with Gasteiger partial charge in [0.2, 0.25) is 10.0 Å². The maximum absolute atomic E-state index is 11.5. The average molecular weight is 285 g/mol. The van der Waals surface area contributed by atoms with E-state index in [1.54, 1.807) is 7.11 Å². The molecule has 1 saturated heterocycles. The molecule has 1 atom stereocenters. The molecule has 1 fully saturated rings. The number of ether oxygens (including phenoxy) is 2. The Morgan fingerprint density at radius 2 is 2.05 bits per heavy atom. The minimum absolute atomic E-state index is 0.0862. The monoisotopic (exact) mass is 285 g/mol. The summed E-state index contributed by atoms with van der Waals surface area (Å²) in [5.74, 6) is 0.811. The molecule has 6 heteroatoms. The van der Waals surface area contributed by atoms with E-state index >= 15 is 0 Å². The van der Waals surface area contributed by atoms with Crippen molar-refractivity contribution in [3.05, 3.63) is 29.8 Å². The first-order chi connectivity index (χ1) is 8.99. The number of rotatable bonds is 4. The van der Waals surface area contributed by atoms with Gasteiger partial charge in [-0.3, -0.25) is 0 Å². The van der Waals surface area contributed by atoms with Crippen molar-refractivity contribution in [1.29, 1.82) is 0 Å². The van der Waals surface area contributed by atoms with Crippen LogP contribution >= 0.6 is 0 Å². The Morgan fingerprint density at radius 1 is 1.37 bits per heavy atom. The highest BCUT2D eigenvalue weighted by atomic mass is 32.2. The van der Waals surface area contributed by atoms with Gasteiger partial charge in [0, 0.05) is 13.1 Å². The lowest BCUT2D eigenvalue weighted by atomic mass is 10.1. The fraction of sp³-hybridized carbons (Fsp3) is 0.538. The van der Waals surface area contributed by atoms with Gasteiger partial charge >= 0.3 is 0 Å². The predicted molar refractivity (Wildman–Crippen MR) is 72.9 cm³/mol. The number of benzene rings is 1. The largest absolute Gasteiger partial charge is 0.497 e. The first-order valence-electron chi connectivity index (χ1n) is 6.18. The second-order valence-corrected chi connectivity index (χ2v) is 6.65. The van der Waals surface area contributed by atoms with Crippen LogP contribution in [-0.2, 0) is 21.2 Å². The van der Waals surface area contributed by atoms with Crippen LogP contribution in [0.4, 0.5) is 0 Å². The van der Waals surface area contributed by atoms with Crippen LogP contribution in [0.15, 0.2) is 24.3 Å². The lowest BCUT2D eigenvalue weighted by molar-refractivity contribution is -0.000291. The van der Waals surface area contributed by atoms with Crippen LogP contribution in [0, 0.1) is 0 Å². The molecule has 0 aromatic heterocycles. The Balaban J connectivity index is 1.98. The summed E-state index contributed by atoms with van der Waals surface area (Å²) >= 11 is 0. The zero-order valence-corrected chi connectivity index (χ0v) is 12.0. The molecule has 0 radical (unpaired) electrons. The SMILES string of the molecule is COc1ccc(C[C@@H]2CN(S(C)(=O)=O)CCO2)cc1. The molecular weight excluding hydrogens is 266 g/mol. The third-order valence-electron chi connectivity index (χ3n) is 3.19. The molecule has 1 aliphatic rings. The number of sulfonamides is 1. The van der Waals surface area contributed by atoms with Crippen molar-refractivity contribution in [2.24, 2.45) is 0 Å². The summed E-state index contributed by atoms with van der Waals surface area (Å²) in [5.41, 5.74) is 1.11. The van der Waals surface area contributed by atoms with Gasteiger partial charge in [0.05, 0.1) is 26.1 Å². The highest BCUT2D eigenvalue weighted by Crippen LogP contribution is 2.16. The lowest BCUT2D eigenvalue weighted by Crippen LogP contribution is -2.45. The molecule has 0 spiro atoms. The molecule has 1 aromatic rings. The number of nitrogens with zero attached hydrogens (tertiary/aromatic N) is 1. The number of morpholine rings is 1. The Morgan fingerprint density at radius 3 is 2.63 bits per heavy atom. The van der Waals surface area contributed by atoms with Gasteiger partial charge in [-0.05, 0) is 24.1 Å². The standard InChI is InChI=1S/C13H19NO4S/c1-17-12-5-3-11(4-6-12)9-13-10-14(7-8-18-13)19(2,15)16/h3-6,13H,7-10H2,1-2H3/t13-/m1/s1. The zero-order chi connectivity index (χ0) is 13.9. The van der Waals surface area contributed by atoms with Gasteiger partial charge in [0.1, 0.15) is 5.75 Å². The van der Waals surface area contributed by atoms with E-state index in [4.69, 9.17) is 9.47 Å². The van der Waals surface area contributed by atoms with Crippen LogP contribution < -0.4 is 4.74 Å². The van der Waals surface area contributed by atoms with Crippen LogP contribution in [0.25, 0.3) is 0 Å². The van der Waals surface area contributed by atoms with Gasteiger partial charge in [-0.25, -0.2) is 8.42 Å². The summed E-state index contributed by atoms with van der Waals surface area (Å²) in [5, 5.41) is 0. The lowest BCUT2D eigenvalue weighted by Gasteiger charge is -2.31. The van der Waals surface area contributed by atoms with Gasteiger partial charge in [-0.15, -0.1) is 0 Å². The van der Waals surface area contributed by atoms with Gasteiger partial charge in [-0.1, -0.05) is 12.1 Å². The summed E-state index contributed by atoms with van der Waals surface area (Å²) in [4.78, 5) is 0. The van der Waals surface area contributed by atoms with Crippen molar-refractivity contribution in [2.45, 2.75) is 12.5 Å². The second-order valence-electron chi connectivity index (χ2n) is 4.67. The average Bonchev–Trinajstić information content (AvgIpc) is 2.39. The second kappa shape index (κ2) is 5.90. The van der Waals surface area contributed by atoms with Gasteiger partial charge in [0.15, 0.2) is 0 Å². The van der Waals surface area contributed by atoms with Crippen molar-refractivity contribution in [2.75, 3.05) is 33.1 Å². The predicted octanol–water partition coefficient (Wildman–Crippen LogP) is 0.898. The van der Waals surface area contributed by atoms with E-state index in [2.05, 4.69) is 0 Å². The van der Waals surface area contributed by atoms with Crippen molar-refractivity contribution in [1.82, 2.24) is 4.31 Å². The first-order valence-corrected chi connectivity index (χ1v) is 8.03. The Kier molecular flexibility index (Phi) is 4.44. The van der Waals surface area contributed by atoms with E-state index in [0.717, 1.165) is 11.3 Å². The molecule has 1 heterocycles. The molecule has 0 N–H and O–H groups in total. The summed E-state index contributed by atoms with van der Waals surface area (Å²) in [7, 11) is -1.50. The summed E-state index contributed by atoms with van der Waals surface area (Å²) < 4.78 is 35.2. The summed E-state index contributed by atoms with van der Waals surface area (Å²) in [6.07, 6.45) is 1.86. The smallest absolute Gasteiger partial charge is 0.211 e. The van der Waals surface area contributed by atoms with E-state index in [1.807, 2.05) is 24.3 Å². The van der Waals surface area contributed by atoms with Crippen LogP contribution in [0.5, 0.6) is 5.75 Å². The topological polar surface area (TPSA) is 55.8 Å². The van der Waals surface area contributed by atoms with Gasteiger partial charge < -0.3 is 9.47 Å². The number of hydrogen-bond donors (Lipinski definition) is 0. The van der Waals surface area contributed by atoms with E-state index in [-0.39, 0.29) is 6.10 Å². The summed E-state index contributed by atoms with van der Waals surface area (Å²) in [6.45, 7) is 1.32. The molecule has 0 unspecified atom stereocenters. The fourth-order valence-electron chi connectivity index (χ4n) is 2.14. The third-order valence-corrected chi connectivity index (χ3v) is 4.46. The quantitative estimate of drug-likeness (QED) is 0.825. The Labute approximate surface area is 114 Å². The molecule has 5 nitrogen and oxygen atoms in total. The maximum Gasteiger partial charge on any atom is 0.211 e. The normalized spacial score (nSPS) is 21.3. The van der Waals surface area contributed by atoms with Crippen molar-refractivity contribution >= 4 is 10.0 Å². The van der Waals surface area contributed by atoms with E-state index in [0.29, 0.717) is 26.1 Å². The van der Waals surface area contributed by atoms with Crippen LogP contribution in [0.1, 0.15) is 5.56 Å². The molecule has 19 heavy (non-hydrogen) atoms. The minimum atomic E-state index is -3.13. The van der Waals surface area contributed by atoms with Crippen LogP contribution in [-0.4, -0.2) is 51.9 Å². The molecule has 0 saturated carbocycles. The molecule has 2 rings (SSSR count). The first kappa shape index (κ1) is 14.3. The van der Waals surface area contributed by atoms with Crippen molar-refractivity contribution in [3.63, 3.8) is 0 Å². The highest BCUT2D eigenvalue weighted by Gasteiger charge is 2.26. The number of methoxy groups -OCH3 is 1. The van der Waals surface area contributed by atoms with Crippen molar-refractivity contribution < 1.29 is 17.9 Å². The van der Waals surface area contributed by atoms with E-state index < -0.39 is 10.0 Å². The third kappa shape index (κ3) is 3.92. The summed E-state index contributed by atoms with van der Waals surface area (Å²) in [6, 6.07) is 7.74. The Bertz CT molecular complexity index is 512. The Hall–Kier alpha value is -1.11. The maximum atomic E-state index is 11.5. The molecule has 0 aliphatic carbocycles. The molecule has 106 valence electrons. The van der Waals surface area contributed by atoms with E-state index in [1.165, 1.54) is 10.6 Å². The minimum Gasteiger partial charge on any atom is -0.497 e. The van der Waals surface area contributed by atoms with Crippen LogP contribution in [0.2, 0.25) is 0 Å². The zero-order valence-electron chi connectivity index (χ0n) is 11.2. The fourth-order valence-corrected chi connectivity index (χ4v) is 2.98. The molecule has 1 aliphatic heterocycles. The van der Waals surface area contributed by atoms with Crippen LogP contribution in [0.3, 0.4) is 0 Å². The van der Waals surface area contributed by atoms with E-state index in [9.17, 15) is 8.42 Å². The molecule has 0 bridgehead atoms. The number of hydrogen-bond acceptors (Lipinski definition) is 4.